The molecule has 0 aromatic heterocycles. The molecule has 0 radical (unpaired) electrons. The van der Waals surface area contributed by atoms with Gasteiger partial charge < -0.3 is 14.4 Å². The summed E-state index contributed by atoms with van der Waals surface area (Å²) in [5.41, 5.74) is 0.721. The molecule has 4 nitrogen and oxygen atoms in total. The van der Waals surface area contributed by atoms with E-state index in [9.17, 15) is 8.78 Å². The summed E-state index contributed by atoms with van der Waals surface area (Å²) in [4.78, 5) is 4.57. The number of piperidine rings is 1. The molecular formula is C17H26F2N2O2. The average molecular weight is 328 g/mol. The van der Waals surface area contributed by atoms with Gasteiger partial charge >= 0.3 is 6.61 Å². The molecule has 0 amide bonds. The second-order valence-corrected chi connectivity index (χ2v) is 6.28. The van der Waals surface area contributed by atoms with Crippen molar-refractivity contribution in [3.63, 3.8) is 0 Å². The predicted octanol–water partition coefficient (Wildman–Crippen LogP) is 3.21. The lowest BCUT2D eigenvalue weighted by molar-refractivity contribution is -0.0509. The fourth-order valence-electron chi connectivity index (χ4n) is 3.08. The van der Waals surface area contributed by atoms with Gasteiger partial charge in [-0.15, -0.1) is 0 Å². The van der Waals surface area contributed by atoms with Crippen LogP contribution in [0.4, 0.5) is 8.78 Å². The summed E-state index contributed by atoms with van der Waals surface area (Å²) in [6.45, 7) is 1.00. The van der Waals surface area contributed by atoms with Crippen LogP contribution in [0.3, 0.4) is 0 Å². The number of alkyl halides is 2. The zero-order valence-electron chi connectivity index (χ0n) is 14.3. The van der Waals surface area contributed by atoms with Crippen LogP contribution in [0.5, 0.6) is 11.5 Å². The number of nitrogens with zero attached hydrogens (tertiary/aromatic N) is 2. The first-order valence-electron chi connectivity index (χ1n) is 7.93. The molecule has 1 aliphatic heterocycles. The Bertz CT molecular complexity index is 513. The van der Waals surface area contributed by atoms with Gasteiger partial charge in [-0.3, -0.25) is 4.90 Å². The number of methoxy groups -OCH3 is 1. The van der Waals surface area contributed by atoms with E-state index >= 15 is 0 Å². The van der Waals surface area contributed by atoms with E-state index in [0.29, 0.717) is 24.4 Å². The summed E-state index contributed by atoms with van der Waals surface area (Å²) in [6, 6.07) is 5.92. The molecule has 1 fully saturated rings. The standard InChI is InChI=1S/C17H26F2N2O2/c1-12-9-14(7-8-20(12)2)21(3)11-13-10-15(22-4)5-6-16(13)23-17(18)19/h5-6,10,12,14,17H,7-9,11H2,1-4H3/t12-,14+/m1/s1. The van der Waals surface area contributed by atoms with Crippen molar-refractivity contribution in [2.75, 3.05) is 27.7 Å². The predicted molar refractivity (Wildman–Crippen MR) is 86.2 cm³/mol. The maximum atomic E-state index is 12.6. The monoisotopic (exact) mass is 328 g/mol. The summed E-state index contributed by atoms with van der Waals surface area (Å²) in [5.74, 6) is 0.861. The fourth-order valence-corrected chi connectivity index (χ4v) is 3.08. The normalized spacial score (nSPS) is 22.6. The minimum Gasteiger partial charge on any atom is -0.497 e. The van der Waals surface area contributed by atoms with E-state index < -0.39 is 6.61 Å². The van der Waals surface area contributed by atoms with Crippen LogP contribution >= 0.6 is 0 Å². The minimum atomic E-state index is -2.82. The molecule has 1 saturated heterocycles. The third-order valence-electron chi connectivity index (χ3n) is 4.71. The van der Waals surface area contributed by atoms with Crippen LogP contribution in [0.25, 0.3) is 0 Å². The first-order valence-corrected chi connectivity index (χ1v) is 7.93. The highest BCUT2D eigenvalue weighted by Crippen LogP contribution is 2.28. The second-order valence-electron chi connectivity index (χ2n) is 6.28. The van der Waals surface area contributed by atoms with Gasteiger partial charge in [0.05, 0.1) is 7.11 Å². The Kier molecular flexibility index (Phi) is 6.18. The lowest BCUT2D eigenvalue weighted by Gasteiger charge is -2.39. The molecule has 0 saturated carbocycles. The lowest BCUT2D eigenvalue weighted by atomic mass is 9.97. The maximum Gasteiger partial charge on any atom is 0.387 e. The van der Waals surface area contributed by atoms with Gasteiger partial charge in [0.25, 0.3) is 0 Å². The molecule has 2 rings (SSSR count). The van der Waals surface area contributed by atoms with Gasteiger partial charge in [-0.2, -0.15) is 8.78 Å². The third kappa shape index (κ3) is 4.78. The van der Waals surface area contributed by atoms with Crippen molar-refractivity contribution in [3.8, 4) is 11.5 Å². The van der Waals surface area contributed by atoms with Crippen LogP contribution in [0.15, 0.2) is 18.2 Å². The highest BCUT2D eigenvalue weighted by Gasteiger charge is 2.26. The molecule has 23 heavy (non-hydrogen) atoms. The molecular weight excluding hydrogens is 302 g/mol. The molecule has 0 aliphatic carbocycles. The van der Waals surface area contributed by atoms with Gasteiger partial charge in [0.2, 0.25) is 0 Å². The van der Waals surface area contributed by atoms with E-state index in [-0.39, 0.29) is 5.75 Å². The number of likely N-dealkylation sites (tertiary alicyclic amines) is 1. The van der Waals surface area contributed by atoms with E-state index in [1.807, 2.05) is 7.05 Å². The van der Waals surface area contributed by atoms with E-state index in [0.717, 1.165) is 24.9 Å². The first-order chi connectivity index (χ1) is 10.9. The Morgan fingerprint density at radius 2 is 2.13 bits per heavy atom. The molecule has 1 heterocycles. The van der Waals surface area contributed by atoms with Crippen LogP contribution in [-0.4, -0.2) is 56.2 Å². The van der Waals surface area contributed by atoms with Gasteiger partial charge in [0, 0.05) is 24.2 Å². The zero-order chi connectivity index (χ0) is 17.0. The summed E-state index contributed by atoms with van der Waals surface area (Å²) in [5, 5.41) is 0. The van der Waals surface area contributed by atoms with Crippen molar-refractivity contribution >= 4 is 0 Å². The summed E-state index contributed by atoms with van der Waals surface area (Å²) in [7, 11) is 5.74. The second kappa shape index (κ2) is 7.93. The fraction of sp³-hybridized carbons (Fsp3) is 0.647. The minimum absolute atomic E-state index is 0.216. The molecule has 2 atom stereocenters. The Labute approximate surface area is 137 Å². The molecule has 6 heteroatoms. The van der Waals surface area contributed by atoms with E-state index in [2.05, 4.69) is 28.5 Å². The zero-order valence-corrected chi connectivity index (χ0v) is 14.3. The Morgan fingerprint density at radius 1 is 1.39 bits per heavy atom. The largest absolute Gasteiger partial charge is 0.497 e. The number of halogens is 2. The summed E-state index contributed by atoms with van der Waals surface area (Å²) < 4.78 is 35.0. The smallest absolute Gasteiger partial charge is 0.387 e. The van der Waals surface area contributed by atoms with Crippen LogP contribution in [-0.2, 0) is 6.54 Å². The van der Waals surface area contributed by atoms with Crippen molar-refractivity contribution in [1.29, 1.82) is 0 Å². The number of benzene rings is 1. The quantitative estimate of drug-likeness (QED) is 0.800. The maximum absolute atomic E-state index is 12.6. The van der Waals surface area contributed by atoms with Crippen LogP contribution in [0.2, 0.25) is 0 Å². The SMILES string of the molecule is COc1ccc(OC(F)F)c(CN(C)[C@H]2CCN(C)[C@H](C)C2)c1. The topological polar surface area (TPSA) is 24.9 Å². The molecule has 1 aliphatic rings. The van der Waals surface area contributed by atoms with Crippen LogP contribution in [0, 0.1) is 0 Å². The Balaban J connectivity index is 2.10. The number of ether oxygens (including phenoxy) is 2. The van der Waals surface area contributed by atoms with E-state index in [1.165, 1.54) is 0 Å². The summed E-state index contributed by atoms with van der Waals surface area (Å²) in [6.07, 6.45) is 2.15. The van der Waals surface area contributed by atoms with Gasteiger partial charge in [-0.25, -0.2) is 0 Å². The summed E-state index contributed by atoms with van der Waals surface area (Å²) >= 11 is 0. The van der Waals surface area contributed by atoms with Crippen LogP contribution < -0.4 is 9.47 Å². The molecule has 130 valence electrons. The number of rotatable bonds is 6. The molecule has 1 aromatic rings. The van der Waals surface area contributed by atoms with Gasteiger partial charge in [-0.05, 0) is 58.6 Å². The molecule has 0 unspecified atom stereocenters. The third-order valence-corrected chi connectivity index (χ3v) is 4.71. The van der Waals surface area contributed by atoms with Crippen molar-refractivity contribution < 1.29 is 18.3 Å². The molecule has 0 spiro atoms. The van der Waals surface area contributed by atoms with E-state index in [4.69, 9.17) is 4.74 Å². The molecule has 0 bridgehead atoms. The lowest BCUT2D eigenvalue weighted by Crippen LogP contribution is -2.46. The van der Waals surface area contributed by atoms with Crippen molar-refractivity contribution in [1.82, 2.24) is 9.80 Å². The Morgan fingerprint density at radius 3 is 2.74 bits per heavy atom. The van der Waals surface area contributed by atoms with Crippen molar-refractivity contribution in [2.45, 2.75) is 45.0 Å². The van der Waals surface area contributed by atoms with Crippen LogP contribution in [0.1, 0.15) is 25.3 Å². The molecule has 0 N–H and O–H groups in total. The van der Waals surface area contributed by atoms with Crippen molar-refractivity contribution in [2.24, 2.45) is 0 Å². The Hall–Kier alpha value is -1.40. The average Bonchev–Trinajstić information content (AvgIpc) is 2.51. The highest BCUT2D eigenvalue weighted by atomic mass is 19.3. The van der Waals surface area contributed by atoms with E-state index in [1.54, 1.807) is 25.3 Å². The number of hydrogen-bond donors (Lipinski definition) is 0. The molecule has 1 aromatic carbocycles. The van der Waals surface area contributed by atoms with Gasteiger partial charge in [-0.1, -0.05) is 0 Å². The van der Waals surface area contributed by atoms with Crippen molar-refractivity contribution in [3.05, 3.63) is 23.8 Å². The van der Waals surface area contributed by atoms with Gasteiger partial charge in [0.1, 0.15) is 11.5 Å². The highest BCUT2D eigenvalue weighted by molar-refractivity contribution is 5.40. The van der Waals surface area contributed by atoms with Gasteiger partial charge in [0.15, 0.2) is 0 Å². The number of hydrogen-bond acceptors (Lipinski definition) is 4. The first kappa shape index (κ1) is 17.9.